The molecular formula is C15H14FN5O2S. The van der Waals surface area contributed by atoms with Crippen LogP contribution in [0, 0.1) is 12.7 Å². The molecule has 0 aliphatic rings. The Hall–Kier alpha value is -2.81. The molecule has 0 bridgehead atoms. The van der Waals surface area contributed by atoms with E-state index in [1.54, 1.807) is 25.1 Å². The molecule has 24 heavy (non-hydrogen) atoms. The highest BCUT2D eigenvalue weighted by Crippen LogP contribution is 2.22. The van der Waals surface area contributed by atoms with Crippen LogP contribution in [0.2, 0.25) is 0 Å². The lowest BCUT2D eigenvalue weighted by atomic mass is 10.3. The average Bonchev–Trinajstić information content (AvgIpc) is 2.88. The molecule has 124 valence electrons. The van der Waals surface area contributed by atoms with Crippen LogP contribution < -0.4 is 5.32 Å². The van der Waals surface area contributed by atoms with Crippen molar-refractivity contribution in [1.82, 2.24) is 20.0 Å². The van der Waals surface area contributed by atoms with Crippen LogP contribution in [0.3, 0.4) is 0 Å². The van der Waals surface area contributed by atoms with E-state index in [0.29, 0.717) is 22.9 Å². The van der Waals surface area contributed by atoms with E-state index in [1.165, 1.54) is 29.1 Å². The zero-order valence-electron chi connectivity index (χ0n) is 12.9. The van der Waals surface area contributed by atoms with Crippen molar-refractivity contribution in [3.05, 3.63) is 54.1 Å². The van der Waals surface area contributed by atoms with Crippen LogP contribution >= 0.6 is 0 Å². The van der Waals surface area contributed by atoms with E-state index in [1.807, 2.05) is 0 Å². The number of rotatable bonds is 4. The van der Waals surface area contributed by atoms with Crippen LogP contribution in [-0.4, -0.2) is 34.7 Å². The highest BCUT2D eigenvalue weighted by atomic mass is 32.2. The van der Waals surface area contributed by atoms with Gasteiger partial charge < -0.3 is 5.32 Å². The molecule has 1 N–H and O–H groups in total. The topological polar surface area (TPSA) is 89.8 Å². The van der Waals surface area contributed by atoms with Crippen LogP contribution in [0.4, 0.5) is 15.9 Å². The van der Waals surface area contributed by atoms with E-state index >= 15 is 0 Å². The monoisotopic (exact) mass is 347 g/mol. The van der Waals surface area contributed by atoms with Gasteiger partial charge in [0.25, 0.3) is 0 Å². The smallest absolute Gasteiger partial charge is 0.194 e. The fourth-order valence-corrected chi connectivity index (χ4v) is 2.63. The number of benzene rings is 1. The maximum absolute atomic E-state index is 13.9. The lowest BCUT2D eigenvalue weighted by Gasteiger charge is -2.07. The largest absolute Gasteiger partial charge is 0.336 e. The van der Waals surface area contributed by atoms with E-state index < -0.39 is 9.84 Å². The number of aromatic nitrogens is 4. The van der Waals surface area contributed by atoms with E-state index in [0.717, 1.165) is 6.26 Å². The fourth-order valence-electron chi connectivity index (χ4n) is 2.12. The van der Waals surface area contributed by atoms with Crippen LogP contribution in [0.5, 0.6) is 0 Å². The van der Waals surface area contributed by atoms with Gasteiger partial charge in [-0.1, -0.05) is 12.1 Å². The van der Waals surface area contributed by atoms with Crippen molar-refractivity contribution in [2.75, 3.05) is 11.6 Å². The zero-order chi connectivity index (χ0) is 17.3. The number of sulfone groups is 1. The number of halogens is 1. The third-order valence-corrected chi connectivity index (χ3v) is 4.35. The van der Waals surface area contributed by atoms with E-state index in [9.17, 15) is 12.8 Å². The Balaban J connectivity index is 1.89. The van der Waals surface area contributed by atoms with Gasteiger partial charge in [-0.15, -0.1) is 10.2 Å². The number of hydrogen-bond acceptors (Lipinski definition) is 6. The predicted molar refractivity (Wildman–Crippen MR) is 86.7 cm³/mol. The van der Waals surface area contributed by atoms with Crippen molar-refractivity contribution >= 4 is 21.3 Å². The van der Waals surface area contributed by atoms with Gasteiger partial charge in [0.05, 0.1) is 17.6 Å². The Morgan fingerprint density at radius 1 is 1.12 bits per heavy atom. The van der Waals surface area contributed by atoms with Gasteiger partial charge in [0.1, 0.15) is 11.5 Å². The number of nitrogens with one attached hydrogen (secondary N) is 1. The Labute approximate surface area is 138 Å². The van der Waals surface area contributed by atoms with Crippen LogP contribution in [-0.2, 0) is 9.84 Å². The molecule has 0 saturated heterocycles. The molecule has 0 atom stereocenters. The number of hydrogen-bond donors (Lipinski definition) is 1. The summed E-state index contributed by atoms with van der Waals surface area (Å²) in [6.45, 7) is 1.78. The van der Waals surface area contributed by atoms with Gasteiger partial charge in [0.2, 0.25) is 0 Å². The Kier molecular flexibility index (Phi) is 4.02. The molecule has 0 unspecified atom stereocenters. The summed E-state index contributed by atoms with van der Waals surface area (Å²) in [6.07, 6.45) is 2.60. The molecule has 2 heterocycles. The minimum absolute atomic E-state index is 0.105. The predicted octanol–water partition coefficient (Wildman–Crippen LogP) is 2.26. The lowest BCUT2D eigenvalue weighted by Crippen LogP contribution is -2.04. The van der Waals surface area contributed by atoms with Crippen molar-refractivity contribution in [1.29, 1.82) is 0 Å². The molecule has 2 aromatic heterocycles. The van der Waals surface area contributed by atoms with Crippen molar-refractivity contribution in [2.24, 2.45) is 0 Å². The minimum atomic E-state index is -3.40. The van der Waals surface area contributed by atoms with Gasteiger partial charge in [-0.25, -0.2) is 17.5 Å². The second-order valence-corrected chi connectivity index (χ2v) is 7.12. The summed E-state index contributed by atoms with van der Waals surface area (Å²) in [5, 5.41) is 14.5. The second-order valence-electron chi connectivity index (χ2n) is 5.16. The molecule has 0 fully saturated rings. The highest BCUT2D eigenvalue weighted by Gasteiger charge is 2.13. The van der Waals surface area contributed by atoms with Gasteiger partial charge in [-0.3, -0.25) is 0 Å². The summed E-state index contributed by atoms with van der Waals surface area (Å²) in [5.41, 5.74) is 1.62. The fraction of sp³-hybridized carbons (Fsp3) is 0.133. The van der Waals surface area contributed by atoms with Crippen molar-refractivity contribution in [3.63, 3.8) is 0 Å². The van der Waals surface area contributed by atoms with E-state index in [4.69, 9.17) is 0 Å². The molecule has 9 heteroatoms. The summed E-state index contributed by atoms with van der Waals surface area (Å²) in [7, 11) is -3.40. The third kappa shape index (κ3) is 3.11. The molecule has 3 rings (SSSR count). The molecule has 0 aliphatic heterocycles. The lowest BCUT2D eigenvalue weighted by molar-refractivity contribution is 0.596. The van der Waals surface area contributed by atoms with E-state index in [2.05, 4.69) is 20.6 Å². The Bertz CT molecular complexity index is 983. The molecule has 0 saturated carbocycles. The first kappa shape index (κ1) is 16.1. The maximum atomic E-state index is 13.9. The number of para-hydroxylation sites is 1. The highest BCUT2D eigenvalue weighted by molar-refractivity contribution is 7.90. The third-order valence-electron chi connectivity index (χ3n) is 3.37. The first-order valence-corrected chi connectivity index (χ1v) is 8.86. The average molecular weight is 347 g/mol. The van der Waals surface area contributed by atoms with E-state index in [-0.39, 0.29) is 10.8 Å². The van der Waals surface area contributed by atoms with Crippen LogP contribution in [0.15, 0.2) is 47.6 Å². The van der Waals surface area contributed by atoms with Gasteiger partial charge in [0, 0.05) is 6.26 Å². The summed E-state index contributed by atoms with van der Waals surface area (Å²) in [5.74, 6) is -0.0221. The quantitative estimate of drug-likeness (QED) is 0.778. The van der Waals surface area contributed by atoms with Gasteiger partial charge in [0.15, 0.2) is 20.7 Å². The van der Waals surface area contributed by atoms with Gasteiger partial charge in [-0.2, -0.15) is 5.10 Å². The molecule has 7 nitrogen and oxygen atoms in total. The molecular weight excluding hydrogens is 333 g/mol. The number of anilines is 2. The summed E-state index contributed by atoms with van der Waals surface area (Å²) < 4.78 is 38.1. The van der Waals surface area contributed by atoms with Crippen molar-refractivity contribution in [3.8, 4) is 5.69 Å². The Morgan fingerprint density at radius 2 is 1.88 bits per heavy atom. The second kappa shape index (κ2) is 6.00. The van der Waals surface area contributed by atoms with Gasteiger partial charge in [-0.05, 0) is 31.2 Å². The van der Waals surface area contributed by atoms with Crippen molar-refractivity contribution < 1.29 is 12.8 Å². The molecule has 0 aliphatic carbocycles. The zero-order valence-corrected chi connectivity index (χ0v) is 13.7. The molecule has 0 amide bonds. The molecule has 0 spiro atoms. The Morgan fingerprint density at radius 3 is 2.50 bits per heavy atom. The SMILES string of the molecule is Cc1c(Nc2ccc(S(C)(=O)=O)nn2)cnn1-c1ccccc1F. The van der Waals surface area contributed by atoms with Crippen molar-refractivity contribution in [2.45, 2.75) is 11.9 Å². The maximum Gasteiger partial charge on any atom is 0.194 e. The van der Waals surface area contributed by atoms with Gasteiger partial charge >= 0.3 is 0 Å². The first-order chi connectivity index (χ1) is 11.4. The molecule has 3 aromatic rings. The first-order valence-electron chi connectivity index (χ1n) is 6.96. The number of nitrogens with zero attached hydrogens (tertiary/aromatic N) is 4. The van der Waals surface area contributed by atoms with Crippen LogP contribution in [0.1, 0.15) is 5.69 Å². The van der Waals surface area contributed by atoms with Crippen LogP contribution in [0.25, 0.3) is 5.69 Å². The normalized spacial score (nSPS) is 11.5. The molecule has 0 radical (unpaired) electrons. The summed E-state index contributed by atoms with van der Waals surface area (Å²) in [4.78, 5) is 0. The standard InChI is InChI=1S/C15H14FN5O2S/c1-10-12(9-17-21(10)13-6-4-3-5-11(13)16)18-14-7-8-15(20-19-14)24(2,22)23/h3-9H,1-2H3,(H,18,19). The summed E-state index contributed by atoms with van der Waals surface area (Å²) >= 11 is 0. The minimum Gasteiger partial charge on any atom is -0.336 e. The molecule has 1 aromatic carbocycles. The summed E-state index contributed by atoms with van der Waals surface area (Å²) in [6, 6.07) is 9.18.